The van der Waals surface area contributed by atoms with Gasteiger partial charge in [-0.3, -0.25) is 0 Å². The standard InChI is InChI=1S/C12H14N2O/c13-7-9-5-11(6-9)15-12-4-2-1-3-10(12)8-14/h1-4,9,11H,5-7,13H2. The van der Waals surface area contributed by atoms with Gasteiger partial charge in [0.1, 0.15) is 11.8 Å². The molecule has 1 fully saturated rings. The third-order valence-electron chi connectivity index (χ3n) is 2.83. The Balaban J connectivity index is 1.97. The maximum absolute atomic E-state index is 8.87. The number of para-hydroxylation sites is 1. The Labute approximate surface area is 89.5 Å². The summed E-state index contributed by atoms with van der Waals surface area (Å²) in [6.45, 7) is 0.736. The van der Waals surface area contributed by atoms with Crippen LogP contribution in [-0.4, -0.2) is 12.6 Å². The van der Waals surface area contributed by atoms with E-state index in [9.17, 15) is 0 Å². The maximum Gasteiger partial charge on any atom is 0.137 e. The first-order valence-corrected chi connectivity index (χ1v) is 5.19. The molecule has 15 heavy (non-hydrogen) atoms. The summed E-state index contributed by atoms with van der Waals surface area (Å²) in [7, 11) is 0. The van der Waals surface area contributed by atoms with Crippen LogP contribution in [0.5, 0.6) is 5.75 Å². The van der Waals surface area contributed by atoms with Gasteiger partial charge < -0.3 is 10.5 Å². The number of hydrogen-bond acceptors (Lipinski definition) is 3. The van der Waals surface area contributed by atoms with Crippen molar-refractivity contribution in [3.8, 4) is 11.8 Å². The van der Waals surface area contributed by atoms with Crippen molar-refractivity contribution in [2.24, 2.45) is 11.7 Å². The normalized spacial score (nSPS) is 24.0. The molecule has 0 aromatic heterocycles. The highest BCUT2D eigenvalue weighted by atomic mass is 16.5. The molecular formula is C12H14N2O. The maximum atomic E-state index is 8.87. The molecule has 0 atom stereocenters. The lowest BCUT2D eigenvalue weighted by Gasteiger charge is -2.34. The van der Waals surface area contributed by atoms with Gasteiger partial charge in [-0.1, -0.05) is 12.1 Å². The average Bonchev–Trinajstić information content (AvgIpc) is 2.23. The molecule has 0 amide bonds. The topological polar surface area (TPSA) is 59.0 Å². The van der Waals surface area contributed by atoms with E-state index in [0.29, 0.717) is 17.2 Å². The van der Waals surface area contributed by atoms with Crippen molar-refractivity contribution in [2.45, 2.75) is 18.9 Å². The smallest absolute Gasteiger partial charge is 0.137 e. The number of nitriles is 1. The highest BCUT2D eigenvalue weighted by molar-refractivity contribution is 5.42. The quantitative estimate of drug-likeness (QED) is 0.811. The summed E-state index contributed by atoms with van der Waals surface area (Å²) in [5.41, 5.74) is 6.14. The summed E-state index contributed by atoms with van der Waals surface area (Å²) in [6, 6.07) is 9.46. The molecule has 0 aliphatic heterocycles. The van der Waals surface area contributed by atoms with E-state index in [1.165, 1.54) is 0 Å². The van der Waals surface area contributed by atoms with Crippen molar-refractivity contribution >= 4 is 0 Å². The molecule has 3 heteroatoms. The van der Waals surface area contributed by atoms with Gasteiger partial charge in [0.05, 0.1) is 11.7 Å². The summed E-state index contributed by atoms with van der Waals surface area (Å²) in [4.78, 5) is 0. The Kier molecular flexibility index (Phi) is 2.89. The van der Waals surface area contributed by atoms with Gasteiger partial charge in [-0.25, -0.2) is 0 Å². The van der Waals surface area contributed by atoms with Gasteiger partial charge in [0, 0.05) is 0 Å². The lowest BCUT2D eigenvalue weighted by molar-refractivity contribution is 0.0688. The van der Waals surface area contributed by atoms with E-state index in [0.717, 1.165) is 19.4 Å². The number of hydrogen-bond donors (Lipinski definition) is 1. The first-order chi connectivity index (χ1) is 7.33. The van der Waals surface area contributed by atoms with Gasteiger partial charge in [-0.2, -0.15) is 5.26 Å². The molecular weight excluding hydrogens is 188 g/mol. The SMILES string of the molecule is N#Cc1ccccc1OC1CC(CN)C1. The fourth-order valence-corrected chi connectivity index (χ4v) is 1.80. The summed E-state index contributed by atoms with van der Waals surface area (Å²) >= 11 is 0. The van der Waals surface area contributed by atoms with Gasteiger partial charge in [-0.15, -0.1) is 0 Å². The van der Waals surface area contributed by atoms with Crippen molar-refractivity contribution < 1.29 is 4.74 Å². The Morgan fingerprint density at radius 2 is 2.13 bits per heavy atom. The van der Waals surface area contributed by atoms with E-state index in [1.54, 1.807) is 6.07 Å². The zero-order valence-corrected chi connectivity index (χ0v) is 8.52. The molecule has 0 heterocycles. The number of rotatable bonds is 3. The van der Waals surface area contributed by atoms with E-state index in [1.807, 2.05) is 18.2 Å². The number of benzene rings is 1. The molecule has 2 rings (SSSR count). The van der Waals surface area contributed by atoms with Crippen LogP contribution >= 0.6 is 0 Å². The van der Waals surface area contributed by atoms with Crippen LogP contribution in [0.15, 0.2) is 24.3 Å². The molecule has 0 saturated heterocycles. The van der Waals surface area contributed by atoms with Crippen LogP contribution in [0, 0.1) is 17.2 Å². The van der Waals surface area contributed by atoms with Gasteiger partial charge in [0.25, 0.3) is 0 Å². The highest BCUT2D eigenvalue weighted by Crippen LogP contribution is 2.31. The molecule has 78 valence electrons. The largest absolute Gasteiger partial charge is 0.489 e. The molecule has 3 nitrogen and oxygen atoms in total. The van der Waals surface area contributed by atoms with Crippen molar-refractivity contribution in [3.05, 3.63) is 29.8 Å². The van der Waals surface area contributed by atoms with Gasteiger partial charge >= 0.3 is 0 Å². The number of nitrogens with two attached hydrogens (primary N) is 1. The number of ether oxygens (including phenoxy) is 1. The molecule has 0 spiro atoms. The molecule has 1 aromatic carbocycles. The molecule has 0 unspecified atom stereocenters. The third kappa shape index (κ3) is 2.11. The van der Waals surface area contributed by atoms with Crippen LogP contribution in [0.2, 0.25) is 0 Å². The number of nitrogens with zero attached hydrogens (tertiary/aromatic N) is 1. The Morgan fingerprint density at radius 1 is 1.40 bits per heavy atom. The van der Waals surface area contributed by atoms with Crippen LogP contribution in [-0.2, 0) is 0 Å². The van der Waals surface area contributed by atoms with Crippen molar-refractivity contribution in [1.29, 1.82) is 5.26 Å². The lowest BCUT2D eigenvalue weighted by Crippen LogP contribution is -2.37. The summed E-state index contributed by atoms with van der Waals surface area (Å²) in [6.07, 6.45) is 2.26. The summed E-state index contributed by atoms with van der Waals surface area (Å²) in [5.74, 6) is 1.30. The molecule has 1 aliphatic carbocycles. The van der Waals surface area contributed by atoms with Crippen LogP contribution in [0.1, 0.15) is 18.4 Å². The Bertz CT molecular complexity index is 377. The van der Waals surface area contributed by atoms with Crippen LogP contribution in [0.3, 0.4) is 0 Å². The van der Waals surface area contributed by atoms with E-state index in [2.05, 4.69) is 6.07 Å². The monoisotopic (exact) mass is 202 g/mol. The summed E-state index contributed by atoms with van der Waals surface area (Å²) in [5, 5.41) is 8.87. The predicted octanol–water partition coefficient (Wildman–Crippen LogP) is 1.67. The molecule has 1 aromatic rings. The first-order valence-electron chi connectivity index (χ1n) is 5.19. The van der Waals surface area contributed by atoms with Crippen molar-refractivity contribution in [1.82, 2.24) is 0 Å². The Hall–Kier alpha value is -1.53. The van der Waals surface area contributed by atoms with Crippen molar-refractivity contribution in [3.63, 3.8) is 0 Å². The zero-order chi connectivity index (χ0) is 10.7. The van der Waals surface area contributed by atoms with Gasteiger partial charge in [0.2, 0.25) is 0 Å². The van der Waals surface area contributed by atoms with Crippen LogP contribution in [0.25, 0.3) is 0 Å². The van der Waals surface area contributed by atoms with E-state index < -0.39 is 0 Å². The molecule has 1 saturated carbocycles. The zero-order valence-electron chi connectivity index (χ0n) is 8.52. The van der Waals surface area contributed by atoms with Gasteiger partial charge in [0.15, 0.2) is 0 Å². The van der Waals surface area contributed by atoms with Crippen LogP contribution in [0.4, 0.5) is 0 Å². The minimum Gasteiger partial charge on any atom is -0.489 e. The van der Waals surface area contributed by atoms with E-state index >= 15 is 0 Å². The van der Waals surface area contributed by atoms with Crippen LogP contribution < -0.4 is 10.5 Å². The second-order valence-electron chi connectivity index (χ2n) is 3.92. The second-order valence-corrected chi connectivity index (χ2v) is 3.92. The minimum absolute atomic E-state index is 0.244. The fraction of sp³-hybridized carbons (Fsp3) is 0.417. The molecule has 1 aliphatic rings. The third-order valence-corrected chi connectivity index (χ3v) is 2.83. The van der Waals surface area contributed by atoms with E-state index in [4.69, 9.17) is 15.7 Å². The molecule has 2 N–H and O–H groups in total. The first kappa shape index (κ1) is 10.0. The summed E-state index contributed by atoms with van der Waals surface area (Å²) < 4.78 is 5.73. The van der Waals surface area contributed by atoms with Gasteiger partial charge in [-0.05, 0) is 37.4 Å². The lowest BCUT2D eigenvalue weighted by atomic mass is 9.82. The average molecular weight is 202 g/mol. The van der Waals surface area contributed by atoms with E-state index in [-0.39, 0.29) is 6.10 Å². The molecule has 0 bridgehead atoms. The Morgan fingerprint density at radius 3 is 2.80 bits per heavy atom. The predicted molar refractivity (Wildman–Crippen MR) is 57.4 cm³/mol. The molecule has 0 radical (unpaired) electrons. The minimum atomic E-state index is 0.244. The fourth-order valence-electron chi connectivity index (χ4n) is 1.80. The highest BCUT2D eigenvalue weighted by Gasteiger charge is 2.29. The second kappa shape index (κ2) is 4.33. The van der Waals surface area contributed by atoms with Crippen molar-refractivity contribution in [2.75, 3.05) is 6.54 Å².